The summed E-state index contributed by atoms with van der Waals surface area (Å²) in [5, 5.41) is 0. The second kappa shape index (κ2) is 7.14. The number of amides is 2. The van der Waals surface area contributed by atoms with E-state index in [2.05, 4.69) is 4.98 Å². The Hall–Kier alpha value is -2.69. The first kappa shape index (κ1) is 17.7. The molecule has 0 radical (unpaired) electrons. The highest BCUT2D eigenvalue weighted by molar-refractivity contribution is 5.85. The van der Waals surface area contributed by atoms with Crippen molar-refractivity contribution in [3.05, 3.63) is 54.4 Å². The molecule has 2 aliphatic rings. The summed E-state index contributed by atoms with van der Waals surface area (Å²) in [5.74, 6) is 0.0358. The highest BCUT2D eigenvalue weighted by Gasteiger charge is 2.46. The van der Waals surface area contributed by atoms with E-state index in [1.165, 1.54) is 0 Å². The number of pyridine rings is 1. The van der Waals surface area contributed by atoms with E-state index in [1.807, 2.05) is 47.5 Å². The third-order valence-electron chi connectivity index (χ3n) is 6.16. The molecule has 2 aromatic rings. The first-order chi connectivity index (χ1) is 13.1. The lowest BCUT2D eigenvalue weighted by Gasteiger charge is -2.31. The van der Waals surface area contributed by atoms with Gasteiger partial charge < -0.3 is 10.6 Å². The molecule has 1 aromatic heterocycles. The summed E-state index contributed by atoms with van der Waals surface area (Å²) in [7, 11) is 0. The minimum absolute atomic E-state index is 0.149. The largest absolute Gasteiger partial charge is 0.369 e. The Morgan fingerprint density at radius 1 is 1.19 bits per heavy atom. The van der Waals surface area contributed by atoms with E-state index >= 15 is 0 Å². The fraction of sp³-hybridized carbons (Fsp3) is 0.409. The summed E-state index contributed by atoms with van der Waals surface area (Å²) < 4.78 is 0. The Kier molecular flexibility index (Phi) is 4.68. The first-order valence-corrected chi connectivity index (χ1v) is 9.66. The smallest absolute Gasteiger partial charge is 0.225 e. The summed E-state index contributed by atoms with van der Waals surface area (Å²) in [4.78, 5) is 31.2. The lowest BCUT2D eigenvalue weighted by Crippen LogP contribution is -2.44. The van der Waals surface area contributed by atoms with Gasteiger partial charge in [0.25, 0.3) is 0 Å². The number of carbonyl (C=O) groups excluding carboxylic acids is 2. The van der Waals surface area contributed by atoms with Crippen LogP contribution in [0.5, 0.6) is 0 Å². The van der Waals surface area contributed by atoms with Gasteiger partial charge in [-0.15, -0.1) is 0 Å². The molecule has 1 aromatic carbocycles. The van der Waals surface area contributed by atoms with Crippen LogP contribution in [0.25, 0.3) is 11.1 Å². The van der Waals surface area contributed by atoms with Crippen LogP contribution in [0.4, 0.5) is 0 Å². The van der Waals surface area contributed by atoms with Crippen LogP contribution in [0.15, 0.2) is 48.8 Å². The summed E-state index contributed by atoms with van der Waals surface area (Å²) in [6.45, 7) is 1.05. The molecule has 140 valence electrons. The van der Waals surface area contributed by atoms with Gasteiger partial charge in [0.05, 0.1) is 5.41 Å². The SMILES string of the molecule is NC(=O)[C@]1(Cc2ccccc2-c2cccnc2)CCN(C(=O)C2CCC2)C1. The Bertz CT molecular complexity index is 848. The van der Waals surface area contributed by atoms with Crippen LogP contribution in [0.1, 0.15) is 31.2 Å². The lowest BCUT2D eigenvalue weighted by molar-refractivity contribution is -0.138. The molecule has 1 aliphatic carbocycles. The van der Waals surface area contributed by atoms with E-state index < -0.39 is 5.41 Å². The van der Waals surface area contributed by atoms with Gasteiger partial charge in [-0.25, -0.2) is 0 Å². The quantitative estimate of drug-likeness (QED) is 0.887. The van der Waals surface area contributed by atoms with Gasteiger partial charge in [-0.3, -0.25) is 14.6 Å². The molecule has 2 fully saturated rings. The molecule has 2 heterocycles. The van der Waals surface area contributed by atoms with Gasteiger partial charge in [0.1, 0.15) is 0 Å². The van der Waals surface area contributed by atoms with Gasteiger partial charge in [-0.1, -0.05) is 36.8 Å². The van der Waals surface area contributed by atoms with E-state index in [4.69, 9.17) is 5.73 Å². The number of aromatic nitrogens is 1. The van der Waals surface area contributed by atoms with Crippen LogP contribution in [0.3, 0.4) is 0 Å². The van der Waals surface area contributed by atoms with Crippen LogP contribution >= 0.6 is 0 Å². The van der Waals surface area contributed by atoms with E-state index in [0.717, 1.165) is 36.0 Å². The number of rotatable bonds is 5. The van der Waals surface area contributed by atoms with Crippen molar-refractivity contribution in [2.75, 3.05) is 13.1 Å². The third kappa shape index (κ3) is 3.34. The Morgan fingerprint density at radius 3 is 2.67 bits per heavy atom. The molecule has 5 heteroatoms. The molecule has 0 unspecified atom stereocenters. The second-order valence-electron chi connectivity index (χ2n) is 7.86. The summed E-state index contributed by atoms with van der Waals surface area (Å²) >= 11 is 0. The molecular formula is C22H25N3O2. The zero-order valence-corrected chi connectivity index (χ0v) is 15.4. The van der Waals surface area contributed by atoms with Crippen LogP contribution < -0.4 is 5.73 Å². The molecule has 1 saturated carbocycles. The van der Waals surface area contributed by atoms with Crippen molar-refractivity contribution >= 4 is 11.8 Å². The molecule has 1 saturated heterocycles. The number of hydrogen-bond acceptors (Lipinski definition) is 3. The van der Waals surface area contributed by atoms with Crippen molar-refractivity contribution in [2.45, 2.75) is 32.1 Å². The monoisotopic (exact) mass is 363 g/mol. The molecule has 0 bridgehead atoms. The number of benzene rings is 1. The van der Waals surface area contributed by atoms with E-state index in [9.17, 15) is 9.59 Å². The van der Waals surface area contributed by atoms with Crippen molar-refractivity contribution in [3.8, 4) is 11.1 Å². The van der Waals surface area contributed by atoms with E-state index in [0.29, 0.717) is 25.9 Å². The van der Waals surface area contributed by atoms with Crippen LogP contribution in [-0.4, -0.2) is 34.8 Å². The predicted molar refractivity (Wildman–Crippen MR) is 104 cm³/mol. The van der Waals surface area contributed by atoms with Gasteiger partial charge in [0, 0.05) is 37.0 Å². The molecule has 0 spiro atoms. The average molecular weight is 363 g/mol. The molecule has 2 amide bonds. The number of nitrogens with two attached hydrogens (primary N) is 1. The van der Waals surface area contributed by atoms with Crippen molar-refractivity contribution in [2.24, 2.45) is 17.1 Å². The maximum Gasteiger partial charge on any atom is 0.225 e. The highest BCUT2D eigenvalue weighted by Crippen LogP contribution is 2.39. The Morgan fingerprint density at radius 2 is 2.00 bits per heavy atom. The molecule has 1 aliphatic heterocycles. The van der Waals surface area contributed by atoms with Crippen molar-refractivity contribution in [1.29, 1.82) is 0 Å². The fourth-order valence-corrected chi connectivity index (χ4v) is 4.25. The summed E-state index contributed by atoms with van der Waals surface area (Å²) in [6, 6.07) is 12.0. The average Bonchev–Trinajstić information content (AvgIpc) is 3.07. The van der Waals surface area contributed by atoms with E-state index in [1.54, 1.807) is 6.20 Å². The van der Waals surface area contributed by atoms with E-state index in [-0.39, 0.29) is 17.7 Å². The number of primary amides is 1. The minimum atomic E-state index is -0.697. The van der Waals surface area contributed by atoms with Crippen LogP contribution in [0.2, 0.25) is 0 Å². The summed E-state index contributed by atoms with van der Waals surface area (Å²) in [5.41, 5.74) is 8.33. The molecular weight excluding hydrogens is 338 g/mol. The number of likely N-dealkylation sites (tertiary alicyclic amines) is 1. The number of nitrogens with zero attached hydrogens (tertiary/aromatic N) is 2. The highest BCUT2D eigenvalue weighted by atomic mass is 16.2. The topological polar surface area (TPSA) is 76.3 Å². The minimum Gasteiger partial charge on any atom is -0.369 e. The second-order valence-corrected chi connectivity index (χ2v) is 7.86. The molecule has 5 nitrogen and oxygen atoms in total. The van der Waals surface area contributed by atoms with Crippen molar-refractivity contribution in [1.82, 2.24) is 9.88 Å². The van der Waals surface area contributed by atoms with Crippen LogP contribution in [-0.2, 0) is 16.0 Å². The van der Waals surface area contributed by atoms with Gasteiger partial charge in [0.15, 0.2) is 0 Å². The first-order valence-electron chi connectivity index (χ1n) is 9.66. The normalized spacial score (nSPS) is 22.4. The zero-order valence-electron chi connectivity index (χ0n) is 15.4. The van der Waals surface area contributed by atoms with Gasteiger partial charge in [0.2, 0.25) is 11.8 Å². The molecule has 27 heavy (non-hydrogen) atoms. The maximum atomic E-state index is 12.6. The third-order valence-corrected chi connectivity index (χ3v) is 6.16. The van der Waals surface area contributed by atoms with Gasteiger partial charge in [-0.05, 0) is 42.9 Å². The Balaban J connectivity index is 1.60. The van der Waals surface area contributed by atoms with Crippen molar-refractivity contribution < 1.29 is 9.59 Å². The zero-order chi connectivity index (χ0) is 18.9. The molecule has 2 N–H and O–H groups in total. The molecule has 1 atom stereocenters. The number of hydrogen-bond donors (Lipinski definition) is 1. The van der Waals surface area contributed by atoms with Crippen molar-refractivity contribution in [3.63, 3.8) is 0 Å². The maximum absolute atomic E-state index is 12.6. The van der Waals surface area contributed by atoms with Gasteiger partial charge >= 0.3 is 0 Å². The van der Waals surface area contributed by atoms with Crippen LogP contribution in [0, 0.1) is 11.3 Å². The molecule has 4 rings (SSSR count). The fourth-order valence-electron chi connectivity index (χ4n) is 4.25. The van der Waals surface area contributed by atoms with Gasteiger partial charge in [-0.2, -0.15) is 0 Å². The standard InChI is InChI=1S/C22H25N3O2/c23-21(27)22(10-12-25(15-22)20(26)16-6-3-7-16)13-17-5-1-2-9-19(17)18-8-4-11-24-14-18/h1-2,4-5,8-9,11,14,16H,3,6-7,10,12-13,15H2,(H2,23,27)/t22-/m0/s1. The number of carbonyl (C=O) groups is 2. The summed E-state index contributed by atoms with van der Waals surface area (Å²) in [6.07, 6.45) is 7.83. The lowest BCUT2D eigenvalue weighted by atomic mass is 9.78. The Labute approximate surface area is 159 Å². The predicted octanol–water partition coefficient (Wildman–Crippen LogP) is 2.80.